The monoisotopic (exact) mass is 341 g/mol. The summed E-state index contributed by atoms with van der Waals surface area (Å²) in [4.78, 5) is 11.4. The molecule has 1 aromatic rings. The summed E-state index contributed by atoms with van der Waals surface area (Å²) in [6.07, 6.45) is 0.471. The molecule has 1 amide bonds. The highest BCUT2D eigenvalue weighted by atomic mass is 32.2. The number of hydrogen-bond acceptors (Lipinski definition) is 5. The molecule has 1 rings (SSSR count). The normalized spacial score (nSPS) is 12.4. The zero-order valence-electron chi connectivity index (χ0n) is 11.4. The molecule has 0 fully saturated rings. The van der Waals surface area contributed by atoms with E-state index in [0.717, 1.165) is 16.2 Å². The van der Waals surface area contributed by atoms with Crippen LogP contribution in [0.15, 0.2) is 16.3 Å². The predicted molar refractivity (Wildman–Crippen MR) is 75.9 cm³/mol. The molecule has 6 nitrogen and oxygen atoms in total. The summed E-state index contributed by atoms with van der Waals surface area (Å²) in [7, 11) is -3.98. The second-order valence-corrected chi connectivity index (χ2v) is 7.50. The van der Waals surface area contributed by atoms with E-state index in [9.17, 15) is 22.0 Å². The van der Waals surface area contributed by atoms with Crippen molar-refractivity contribution in [2.45, 2.75) is 23.5 Å². The molecule has 0 aliphatic heterocycles. The Balaban J connectivity index is 2.64. The Bertz CT molecular complexity index is 587. The summed E-state index contributed by atoms with van der Waals surface area (Å²) in [6, 6.07) is 2.93. The van der Waals surface area contributed by atoms with Crippen molar-refractivity contribution in [3.63, 3.8) is 0 Å². The lowest BCUT2D eigenvalue weighted by Crippen LogP contribution is -2.41. The van der Waals surface area contributed by atoms with Gasteiger partial charge in [-0.25, -0.2) is 21.9 Å². The molecule has 0 bridgehead atoms. The summed E-state index contributed by atoms with van der Waals surface area (Å²) >= 11 is 0.972. The van der Waals surface area contributed by atoms with Crippen molar-refractivity contribution in [1.29, 1.82) is 0 Å². The average molecular weight is 341 g/mol. The second kappa shape index (κ2) is 7.25. The van der Waals surface area contributed by atoms with Crippen LogP contribution in [-0.2, 0) is 21.2 Å². The number of nitrogens with one attached hydrogen (secondary N) is 2. The van der Waals surface area contributed by atoms with Gasteiger partial charge in [-0.3, -0.25) is 4.79 Å². The second-order valence-electron chi connectivity index (χ2n) is 4.34. The van der Waals surface area contributed by atoms with Crippen LogP contribution in [-0.4, -0.2) is 39.9 Å². The highest BCUT2D eigenvalue weighted by Crippen LogP contribution is 2.22. The molecule has 0 spiro atoms. The minimum Gasteiger partial charge on any atom is -0.356 e. The summed E-state index contributed by atoms with van der Waals surface area (Å²) in [5, 5.41) is 2.58. The fraction of sp³-hybridized carbons (Fsp3) is 0.545. The van der Waals surface area contributed by atoms with Crippen LogP contribution < -0.4 is 15.8 Å². The molecule has 0 radical (unpaired) electrons. The van der Waals surface area contributed by atoms with E-state index < -0.39 is 29.0 Å². The number of nitrogens with two attached hydrogens (primary N) is 1. The Morgan fingerprint density at radius 1 is 1.43 bits per heavy atom. The van der Waals surface area contributed by atoms with E-state index in [1.165, 1.54) is 13.0 Å². The standard InChI is InChI=1S/C11H17F2N3O3S2/c1-8(17)15-5-4-9-2-3-10(20-9)21(18,19)16-7-11(12,13)6-14/h2-3,16H,4-7,14H2,1H3,(H,15,17). The smallest absolute Gasteiger partial charge is 0.273 e. The van der Waals surface area contributed by atoms with E-state index in [1.54, 1.807) is 6.07 Å². The molecule has 21 heavy (non-hydrogen) atoms. The summed E-state index contributed by atoms with van der Waals surface area (Å²) < 4.78 is 51.4. The lowest BCUT2D eigenvalue weighted by Gasteiger charge is -2.13. The molecule has 0 aliphatic carbocycles. The maximum absolute atomic E-state index is 13.0. The first-order chi connectivity index (χ1) is 9.66. The minimum absolute atomic E-state index is 0.0480. The Labute approximate surface area is 125 Å². The average Bonchev–Trinajstić information content (AvgIpc) is 2.86. The van der Waals surface area contributed by atoms with Crippen LogP contribution in [0.2, 0.25) is 0 Å². The van der Waals surface area contributed by atoms with Crippen LogP contribution in [0.25, 0.3) is 0 Å². The quantitative estimate of drug-likeness (QED) is 0.633. The number of carbonyl (C=O) groups excluding carboxylic acids is 1. The summed E-state index contributed by atoms with van der Waals surface area (Å²) in [6.45, 7) is -0.202. The van der Waals surface area contributed by atoms with Crippen LogP contribution in [0, 0.1) is 0 Å². The Morgan fingerprint density at radius 2 is 2.10 bits per heavy atom. The van der Waals surface area contributed by atoms with Crippen molar-refractivity contribution in [1.82, 2.24) is 10.0 Å². The molecule has 120 valence electrons. The van der Waals surface area contributed by atoms with E-state index in [0.29, 0.717) is 13.0 Å². The van der Waals surface area contributed by atoms with Crippen LogP contribution in [0.4, 0.5) is 8.78 Å². The number of amides is 1. The van der Waals surface area contributed by atoms with Gasteiger partial charge < -0.3 is 11.1 Å². The van der Waals surface area contributed by atoms with E-state index in [1.807, 2.05) is 4.72 Å². The third-order valence-electron chi connectivity index (χ3n) is 2.47. The topological polar surface area (TPSA) is 101 Å². The van der Waals surface area contributed by atoms with Gasteiger partial charge >= 0.3 is 0 Å². The third-order valence-corrected chi connectivity index (χ3v) is 5.50. The highest BCUT2D eigenvalue weighted by Gasteiger charge is 2.29. The van der Waals surface area contributed by atoms with Gasteiger partial charge in [0.05, 0.1) is 13.1 Å². The van der Waals surface area contributed by atoms with Crippen molar-refractivity contribution < 1.29 is 22.0 Å². The molecule has 0 saturated carbocycles. The predicted octanol–water partition coefficient (Wildman–Crippen LogP) is 0.299. The largest absolute Gasteiger partial charge is 0.356 e. The zero-order valence-corrected chi connectivity index (χ0v) is 13.0. The van der Waals surface area contributed by atoms with Gasteiger partial charge in [-0.15, -0.1) is 11.3 Å². The maximum atomic E-state index is 13.0. The number of thiophene rings is 1. The van der Waals surface area contributed by atoms with E-state index >= 15 is 0 Å². The van der Waals surface area contributed by atoms with Gasteiger partial charge in [-0.2, -0.15) is 0 Å². The summed E-state index contributed by atoms with van der Waals surface area (Å²) in [5.74, 6) is -3.46. The number of rotatable bonds is 8. The van der Waals surface area contributed by atoms with E-state index in [4.69, 9.17) is 5.73 Å². The first-order valence-corrected chi connectivity index (χ1v) is 8.37. The number of hydrogen-bond donors (Lipinski definition) is 3. The number of sulfonamides is 1. The lowest BCUT2D eigenvalue weighted by atomic mass is 10.3. The Morgan fingerprint density at radius 3 is 2.67 bits per heavy atom. The molecule has 10 heteroatoms. The molecule has 1 heterocycles. The third kappa shape index (κ3) is 6.04. The van der Waals surface area contributed by atoms with Crippen molar-refractivity contribution >= 4 is 27.3 Å². The van der Waals surface area contributed by atoms with Crippen molar-refractivity contribution in [2.24, 2.45) is 5.73 Å². The van der Waals surface area contributed by atoms with Gasteiger partial charge in [-0.1, -0.05) is 0 Å². The van der Waals surface area contributed by atoms with Crippen molar-refractivity contribution in [3.8, 4) is 0 Å². The minimum atomic E-state index is -3.98. The van der Waals surface area contributed by atoms with Crippen LogP contribution >= 0.6 is 11.3 Å². The molecular weight excluding hydrogens is 324 g/mol. The maximum Gasteiger partial charge on any atom is 0.273 e. The van der Waals surface area contributed by atoms with Crippen molar-refractivity contribution in [3.05, 3.63) is 17.0 Å². The number of alkyl halides is 2. The molecular formula is C11H17F2N3O3S2. The summed E-state index contributed by atoms with van der Waals surface area (Å²) in [5.41, 5.74) is 4.84. The zero-order chi connectivity index (χ0) is 16.1. The first kappa shape index (κ1) is 18.0. The van der Waals surface area contributed by atoms with Crippen LogP contribution in [0.3, 0.4) is 0 Å². The van der Waals surface area contributed by atoms with Gasteiger partial charge in [0.2, 0.25) is 15.9 Å². The molecule has 0 aliphatic rings. The van der Waals surface area contributed by atoms with Crippen molar-refractivity contribution in [2.75, 3.05) is 19.6 Å². The fourth-order valence-corrected chi connectivity index (χ4v) is 3.80. The molecule has 0 unspecified atom stereocenters. The van der Waals surface area contributed by atoms with Gasteiger partial charge in [-0.05, 0) is 18.6 Å². The molecule has 0 saturated heterocycles. The Hall–Kier alpha value is -1.10. The Kier molecular flexibility index (Phi) is 6.20. The molecule has 4 N–H and O–H groups in total. The van der Waals surface area contributed by atoms with Gasteiger partial charge in [0.1, 0.15) is 4.21 Å². The van der Waals surface area contributed by atoms with Gasteiger partial charge in [0, 0.05) is 18.3 Å². The fourth-order valence-electron chi connectivity index (χ4n) is 1.34. The van der Waals surface area contributed by atoms with E-state index in [2.05, 4.69) is 5.32 Å². The van der Waals surface area contributed by atoms with E-state index in [-0.39, 0.29) is 10.1 Å². The molecule has 1 aromatic heterocycles. The SMILES string of the molecule is CC(=O)NCCc1ccc(S(=O)(=O)NCC(F)(F)CN)s1. The lowest BCUT2D eigenvalue weighted by molar-refractivity contribution is -0.118. The number of halogens is 2. The highest BCUT2D eigenvalue weighted by molar-refractivity contribution is 7.91. The van der Waals surface area contributed by atoms with Crippen LogP contribution in [0.1, 0.15) is 11.8 Å². The van der Waals surface area contributed by atoms with Gasteiger partial charge in [0.15, 0.2) is 0 Å². The first-order valence-electron chi connectivity index (χ1n) is 6.07. The molecule has 0 aromatic carbocycles. The van der Waals surface area contributed by atoms with Crippen LogP contribution in [0.5, 0.6) is 0 Å². The van der Waals surface area contributed by atoms with Gasteiger partial charge in [0.25, 0.3) is 5.92 Å². The molecule has 0 atom stereocenters. The number of carbonyl (C=O) groups is 1.